The first-order chi connectivity index (χ1) is 14.0. The van der Waals surface area contributed by atoms with Crippen LogP contribution in [0.4, 0.5) is 10.1 Å². The Morgan fingerprint density at radius 1 is 0.931 bits per heavy atom. The van der Waals surface area contributed by atoms with Gasteiger partial charge in [0.1, 0.15) is 11.6 Å². The van der Waals surface area contributed by atoms with Crippen LogP contribution in [0.2, 0.25) is 0 Å². The van der Waals surface area contributed by atoms with Gasteiger partial charge >= 0.3 is 0 Å². The van der Waals surface area contributed by atoms with Crippen molar-refractivity contribution >= 4 is 28.7 Å². The molecule has 29 heavy (non-hydrogen) atoms. The number of nitro groups is 1. The van der Waals surface area contributed by atoms with Crippen LogP contribution in [0.5, 0.6) is 0 Å². The van der Waals surface area contributed by atoms with Gasteiger partial charge in [-0.3, -0.25) is 19.5 Å². The number of fused-ring (bicyclic) bond motifs is 1. The van der Waals surface area contributed by atoms with Crippen molar-refractivity contribution in [3.05, 3.63) is 110 Å². The lowest BCUT2D eigenvalue weighted by molar-refractivity contribution is -0.384. The molecule has 1 aromatic heterocycles. The summed E-state index contributed by atoms with van der Waals surface area (Å²) in [6.45, 7) is 0. The third-order valence-electron chi connectivity index (χ3n) is 4.44. The Kier molecular flexibility index (Phi) is 4.70. The van der Waals surface area contributed by atoms with Gasteiger partial charge in [0.2, 0.25) is 0 Å². The predicted octanol–water partition coefficient (Wildman–Crippen LogP) is 4.60. The second kappa shape index (κ2) is 7.47. The highest BCUT2D eigenvalue weighted by Gasteiger charge is 2.13. The van der Waals surface area contributed by atoms with E-state index in [-0.39, 0.29) is 17.1 Å². The van der Waals surface area contributed by atoms with Crippen LogP contribution in [0, 0.1) is 15.9 Å². The number of non-ortho nitro benzene ring substituents is 1. The molecule has 0 bridgehead atoms. The molecular weight excluding hydrogens is 373 g/mol. The van der Waals surface area contributed by atoms with Crippen molar-refractivity contribution in [3.63, 3.8) is 0 Å². The van der Waals surface area contributed by atoms with Crippen LogP contribution in [0.1, 0.15) is 11.4 Å². The van der Waals surface area contributed by atoms with Gasteiger partial charge < -0.3 is 0 Å². The van der Waals surface area contributed by atoms with E-state index in [1.54, 1.807) is 48.5 Å². The van der Waals surface area contributed by atoms with Gasteiger partial charge in [0.25, 0.3) is 11.2 Å². The molecule has 0 atom stereocenters. The molecule has 142 valence electrons. The zero-order valence-corrected chi connectivity index (χ0v) is 15.0. The van der Waals surface area contributed by atoms with Crippen LogP contribution in [0.15, 0.2) is 77.6 Å². The van der Waals surface area contributed by atoms with Gasteiger partial charge in [-0.1, -0.05) is 30.3 Å². The maximum atomic E-state index is 14.0. The highest BCUT2D eigenvalue weighted by molar-refractivity contribution is 5.80. The smallest absolute Gasteiger partial charge is 0.268 e. The van der Waals surface area contributed by atoms with Crippen molar-refractivity contribution in [1.82, 2.24) is 9.55 Å². The summed E-state index contributed by atoms with van der Waals surface area (Å²) in [6.07, 6.45) is 3.08. The Hall–Kier alpha value is -4.13. The standard InChI is InChI=1S/C22H14FN3O3/c23-19-7-3-1-5-15(19)9-14-21-24-20-8-4-2-6-18(20)22(27)25(21)16-10-12-17(13-11-16)26(28)29/h1-14H/b14-9-. The maximum Gasteiger partial charge on any atom is 0.269 e. The summed E-state index contributed by atoms with van der Waals surface area (Å²) in [5.41, 5.74) is 0.873. The van der Waals surface area contributed by atoms with Crippen molar-refractivity contribution < 1.29 is 9.31 Å². The molecule has 7 heteroatoms. The minimum atomic E-state index is -0.510. The van der Waals surface area contributed by atoms with Crippen LogP contribution in [-0.2, 0) is 0 Å². The summed E-state index contributed by atoms with van der Waals surface area (Å²) < 4.78 is 15.3. The molecule has 0 amide bonds. The average Bonchev–Trinajstić information content (AvgIpc) is 2.73. The molecule has 0 aliphatic carbocycles. The van der Waals surface area contributed by atoms with Gasteiger partial charge in [-0.25, -0.2) is 9.37 Å². The fourth-order valence-electron chi connectivity index (χ4n) is 3.01. The molecule has 6 nitrogen and oxygen atoms in total. The van der Waals surface area contributed by atoms with E-state index in [0.29, 0.717) is 22.2 Å². The molecule has 0 N–H and O–H groups in total. The van der Waals surface area contributed by atoms with Gasteiger partial charge in [0.15, 0.2) is 0 Å². The second-order valence-corrected chi connectivity index (χ2v) is 6.26. The van der Waals surface area contributed by atoms with Crippen molar-refractivity contribution in [2.24, 2.45) is 0 Å². The maximum absolute atomic E-state index is 14.0. The van der Waals surface area contributed by atoms with Crippen LogP contribution in [0.25, 0.3) is 28.7 Å². The molecule has 0 unspecified atom stereocenters. The molecule has 1 heterocycles. The molecule has 0 saturated carbocycles. The van der Waals surface area contributed by atoms with Crippen LogP contribution >= 0.6 is 0 Å². The number of benzene rings is 3. The molecule has 0 radical (unpaired) electrons. The number of para-hydroxylation sites is 1. The van der Waals surface area contributed by atoms with Gasteiger partial charge in [0, 0.05) is 17.7 Å². The first kappa shape index (κ1) is 18.2. The summed E-state index contributed by atoms with van der Waals surface area (Å²) in [5, 5.41) is 11.3. The van der Waals surface area contributed by atoms with Gasteiger partial charge in [-0.15, -0.1) is 0 Å². The van der Waals surface area contributed by atoms with E-state index in [1.807, 2.05) is 0 Å². The van der Waals surface area contributed by atoms with E-state index >= 15 is 0 Å². The molecular formula is C22H14FN3O3. The van der Waals surface area contributed by atoms with E-state index in [0.717, 1.165) is 0 Å². The third-order valence-corrected chi connectivity index (χ3v) is 4.44. The van der Waals surface area contributed by atoms with Crippen molar-refractivity contribution in [3.8, 4) is 5.69 Å². The zero-order valence-electron chi connectivity index (χ0n) is 15.0. The second-order valence-electron chi connectivity index (χ2n) is 6.26. The number of nitrogens with zero attached hydrogens (tertiary/aromatic N) is 3. The quantitative estimate of drug-likeness (QED) is 0.379. The molecule has 0 saturated heterocycles. The number of rotatable bonds is 4. The van der Waals surface area contributed by atoms with E-state index < -0.39 is 10.7 Å². The highest BCUT2D eigenvalue weighted by atomic mass is 19.1. The Morgan fingerprint density at radius 2 is 1.62 bits per heavy atom. The van der Waals surface area contributed by atoms with E-state index in [9.17, 15) is 19.3 Å². The van der Waals surface area contributed by atoms with Gasteiger partial charge in [0.05, 0.1) is 21.5 Å². The topological polar surface area (TPSA) is 78.0 Å². The third kappa shape index (κ3) is 3.53. The van der Waals surface area contributed by atoms with Crippen LogP contribution < -0.4 is 5.56 Å². The van der Waals surface area contributed by atoms with Gasteiger partial charge in [-0.2, -0.15) is 0 Å². The zero-order chi connectivity index (χ0) is 20.4. The number of halogens is 1. The lowest BCUT2D eigenvalue weighted by Crippen LogP contribution is -2.22. The normalized spacial score (nSPS) is 11.2. The van der Waals surface area contributed by atoms with E-state index in [1.165, 1.54) is 41.0 Å². The molecule has 0 aliphatic rings. The average molecular weight is 387 g/mol. The largest absolute Gasteiger partial charge is 0.269 e. The lowest BCUT2D eigenvalue weighted by Gasteiger charge is -2.11. The fraction of sp³-hybridized carbons (Fsp3) is 0. The Balaban J connectivity index is 1.92. The monoisotopic (exact) mass is 387 g/mol. The predicted molar refractivity (Wildman–Crippen MR) is 109 cm³/mol. The van der Waals surface area contributed by atoms with Crippen molar-refractivity contribution in [1.29, 1.82) is 0 Å². The molecule has 4 aromatic rings. The molecule has 3 aromatic carbocycles. The summed E-state index contributed by atoms with van der Waals surface area (Å²) in [5.74, 6) is -0.112. The van der Waals surface area contributed by atoms with E-state index in [2.05, 4.69) is 4.98 Å². The van der Waals surface area contributed by atoms with E-state index in [4.69, 9.17) is 0 Å². The number of hydrogen-bond donors (Lipinski definition) is 0. The van der Waals surface area contributed by atoms with Crippen LogP contribution in [-0.4, -0.2) is 14.5 Å². The Labute approximate surface area is 164 Å². The Bertz CT molecular complexity index is 1310. The summed E-state index contributed by atoms with van der Waals surface area (Å²) in [7, 11) is 0. The first-order valence-corrected chi connectivity index (χ1v) is 8.74. The minimum absolute atomic E-state index is 0.0843. The van der Waals surface area contributed by atoms with Crippen LogP contribution in [0.3, 0.4) is 0 Å². The number of hydrogen-bond acceptors (Lipinski definition) is 4. The summed E-state index contributed by atoms with van der Waals surface area (Å²) in [6, 6.07) is 18.8. The minimum Gasteiger partial charge on any atom is -0.268 e. The SMILES string of the molecule is O=c1c2ccccc2nc(/C=C\c2ccccc2F)n1-c1ccc([N+](=O)[O-])cc1. The highest BCUT2D eigenvalue weighted by Crippen LogP contribution is 2.19. The molecule has 4 rings (SSSR count). The van der Waals surface area contributed by atoms with Crippen molar-refractivity contribution in [2.75, 3.05) is 0 Å². The first-order valence-electron chi connectivity index (χ1n) is 8.74. The fourth-order valence-corrected chi connectivity index (χ4v) is 3.01. The van der Waals surface area contributed by atoms with Gasteiger partial charge in [-0.05, 0) is 42.5 Å². The summed E-state index contributed by atoms with van der Waals surface area (Å²) in [4.78, 5) is 28.1. The Morgan fingerprint density at radius 3 is 2.34 bits per heavy atom. The molecule has 0 fully saturated rings. The molecule has 0 spiro atoms. The summed E-state index contributed by atoms with van der Waals surface area (Å²) >= 11 is 0. The van der Waals surface area contributed by atoms with Crippen molar-refractivity contribution in [2.45, 2.75) is 0 Å². The molecule has 0 aliphatic heterocycles. The number of nitro benzene ring substituents is 1. The lowest BCUT2D eigenvalue weighted by atomic mass is 10.2. The number of aromatic nitrogens is 2.